The van der Waals surface area contributed by atoms with Gasteiger partial charge in [-0.2, -0.15) is 4.48 Å². The summed E-state index contributed by atoms with van der Waals surface area (Å²) in [7, 11) is 0. The number of carbonyl (C=O) groups excluding carboxylic acids is 3. The van der Waals surface area contributed by atoms with Gasteiger partial charge in [0.1, 0.15) is 17.7 Å². The Morgan fingerprint density at radius 3 is 2.32 bits per heavy atom. The highest BCUT2D eigenvalue weighted by Gasteiger charge is 2.54. The Labute approximate surface area is 151 Å². The molecular formula is C18H34N3O4+. The van der Waals surface area contributed by atoms with E-state index >= 15 is 0 Å². The van der Waals surface area contributed by atoms with E-state index in [9.17, 15) is 14.4 Å². The van der Waals surface area contributed by atoms with Crippen molar-refractivity contribution in [3.63, 3.8) is 0 Å². The predicted octanol–water partition coefficient (Wildman–Crippen LogP) is 2.94. The van der Waals surface area contributed by atoms with E-state index in [1.807, 2.05) is 20.8 Å². The van der Waals surface area contributed by atoms with Gasteiger partial charge in [-0.3, -0.25) is 0 Å². The normalized spacial score (nSPS) is 24.5. The molecule has 2 N–H and O–H groups in total. The van der Waals surface area contributed by atoms with Crippen LogP contribution in [0.15, 0.2) is 0 Å². The second-order valence-electron chi connectivity index (χ2n) is 7.76. The predicted molar refractivity (Wildman–Crippen MR) is 96.0 cm³/mol. The van der Waals surface area contributed by atoms with Crippen molar-refractivity contribution < 1.29 is 23.6 Å². The van der Waals surface area contributed by atoms with E-state index in [4.69, 9.17) is 4.74 Å². The largest absolute Gasteiger partial charge is 0.444 e. The van der Waals surface area contributed by atoms with Gasteiger partial charge in [0.15, 0.2) is 0 Å². The summed E-state index contributed by atoms with van der Waals surface area (Å²) in [6, 6.07) is -1.11. The fourth-order valence-corrected chi connectivity index (χ4v) is 3.25. The molecule has 1 fully saturated rings. The van der Waals surface area contributed by atoms with Crippen molar-refractivity contribution in [2.45, 2.75) is 84.9 Å². The van der Waals surface area contributed by atoms with Gasteiger partial charge in [0.25, 0.3) is 0 Å². The van der Waals surface area contributed by atoms with Gasteiger partial charge in [-0.15, -0.1) is 0 Å². The fraction of sp³-hybridized carbons (Fsp3) is 0.833. The van der Waals surface area contributed by atoms with Crippen molar-refractivity contribution in [2.24, 2.45) is 0 Å². The van der Waals surface area contributed by atoms with Crippen molar-refractivity contribution in [1.29, 1.82) is 0 Å². The van der Waals surface area contributed by atoms with Gasteiger partial charge < -0.3 is 15.4 Å². The van der Waals surface area contributed by atoms with Crippen LogP contribution in [0.3, 0.4) is 0 Å². The van der Waals surface area contributed by atoms with Gasteiger partial charge in [0.05, 0.1) is 6.54 Å². The molecule has 25 heavy (non-hydrogen) atoms. The van der Waals surface area contributed by atoms with Crippen LogP contribution in [0.2, 0.25) is 0 Å². The van der Waals surface area contributed by atoms with Crippen molar-refractivity contribution in [1.82, 2.24) is 10.6 Å². The number of quaternary nitrogens is 1. The molecule has 0 aromatic heterocycles. The van der Waals surface area contributed by atoms with Crippen LogP contribution in [-0.2, 0) is 9.53 Å². The zero-order chi connectivity index (χ0) is 19.3. The minimum Gasteiger partial charge on any atom is -0.444 e. The number of nitrogens with zero attached hydrogens (tertiary/aromatic N) is 1. The minimum absolute atomic E-state index is 0.0983. The van der Waals surface area contributed by atoms with Gasteiger partial charge >= 0.3 is 18.0 Å². The number of alkyl carbamates (subject to hydrolysis) is 1. The Morgan fingerprint density at radius 2 is 1.88 bits per heavy atom. The molecule has 0 spiro atoms. The summed E-state index contributed by atoms with van der Waals surface area (Å²) in [5.74, 6) is -0.257. The molecule has 0 aliphatic carbocycles. The molecule has 1 unspecified atom stereocenters. The van der Waals surface area contributed by atoms with Crippen LogP contribution in [0, 0.1) is 0 Å². The Bertz CT molecular complexity index is 501. The topological polar surface area (TPSA) is 84.5 Å². The minimum atomic E-state index is -0.747. The number of hydrogen-bond acceptors (Lipinski definition) is 4. The Morgan fingerprint density at radius 1 is 1.24 bits per heavy atom. The van der Waals surface area contributed by atoms with Crippen LogP contribution >= 0.6 is 0 Å². The zero-order valence-corrected chi connectivity index (χ0v) is 16.5. The number of nitrogens with one attached hydrogen (secondary N) is 2. The van der Waals surface area contributed by atoms with Gasteiger partial charge in [0, 0.05) is 19.4 Å². The van der Waals surface area contributed by atoms with E-state index in [1.54, 1.807) is 20.8 Å². The monoisotopic (exact) mass is 356 g/mol. The summed E-state index contributed by atoms with van der Waals surface area (Å²) in [6.07, 6.45) is 2.21. The summed E-state index contributed by atoms with van der Waals surface area (Å²) in [5.41, 5.74) is -0.642. The van der Waals surface area contributed by atoms with Crippen molar-refractivity contribution in [3.8, 4) is 0 Å². The lowest BCUT2D eigenvalue weighted by Crippen LogP contribution is -2.67. The molecule has 1 saturated heterocycles. The lowest BCUT2D eigenvalue weighted by Gasteiger charge is -2.35. The second kappa shape index (κ2) is 8.65. The summed E-state index contributed by atoms with van der Waals surface area (Å²) < 4.78 is 5.02. The van der Waals surface area contributed by atoms with Crippen molar-refractivity contribution in [3.05, 3.63) is 0 Å². The number of ether oxygens (including phenoxy) is 1. The maximum Gasteiger partial charge on any atom is 0.424 e. The summed E-state index contributed by atoms with van der Waals surface area (Å²) in [5, 5.41) is 5.52. The smallest absolute Gasteiger partial charge is 0.424 e. The van der Waals surface area contributed by atoms with Crippen LogP contribution in [0.25, 0.3) is 0 Å². The van der Waals surface area contributed by atoms with Crippen LogP contribution < -0.4 is 10.6 Å². The van der Waals surface area contributed by atoms with Gasteiger partial charge in [-0.1, -0.05) is 13.8 Å². The zero-order valence-electron chi connectivity index (χ0n) is 16.5. The van der Waals surface area contributed by atoms with E-state index in [-0.39, 0.29) is 22.5 Å². The third kappa shape index (κ3) is 5.17. The van der Waals surface area contributed by atoms with E-state index in [0.717, 1.165) is 19.3 Å². The molecule has 144 valence electrons. The molecule has 0 aromatic carbocycles. The fourth-order valence-electron chi connectivity index (χ4n) is 3.25. The number of carbonyl (C=O) groups is 3. The first-order chi connectivity index (χ1) is 11.6. The van der Waals surface area contributed by atoms with Crippen molar-refractivity contribution in [2.75, 3.05) is 13.1 Å². The molecule has 7 heteroatoms. The molecule has 1 aliphatic heterocycles. The first kappa shape index (κ1) is 21.4. The Balaban J connectivity index is 2.98. The lowest BCUT2D eigenvalue weighted by molar-refractivity contribution is -0.785. The van der Waals surface area contributed by atoms with E-state index in [2.05, 4.69) is 10.6 Å². The number of urea groups is 1. The SMILES string of the molecule is CCCNC(=O)[N+]1(C(=O)[C@H](CC)NC(=O)OC(C)(C)C)CCC[C@H]1C. The summed E-state index contributed by atoms with van der Waals surface area (Å²) in [4.78, 5) is 38.1. The molecule has 3 atom stereocenters. The maximum absolute atomic E-state index is 13.3. The highest BCUT2D eigenvalue weighted by atomic mass is 16.6. The number of amides is 4. The van der Waals surface area contributed by atoms with Crippen LogP contribution in [0.5, 0.6) is 0 Å². The lowest BCUT2D eigenvalue weighted by atomic mass is 10.1. The molecule has 1 heterocycles. The highest BCUT2D eigenvalue weighted by molar-refractivity contribution is 5.89. The van der Waals surface area contributed by atoms with Gasteiger partial charge in [0.2, 0.25) is 0 Å². The Kier molecular flexibility index (Phi) is 7.41. The third-order valence-electron chi connectivity index (χ3n) is 4.56. The molecule has 0 saturated carbocycles. The molecule has 0 aromatic rings. The molecule has 1 aliphatic rings. The molecular weight excluding hydrogens is 322 g/mol. The molecule has 1 rings (SSSR count). The van der Waals surface area contributed by atoms with Crippen LogP contribution in [0.4, 0.5) is 9.59 Å². The molecule has 4 amide bonds. The third-order valence-corrected chi connectivity index (χ3v) is 4.56. The molecule has 0 bridgehead atoms. The van der Waals surface area contributed by atoms with Gasteiger partial charge in [-0.25, -0.2) is 14.4 Å². The quantitative estimate of drug-likeness (QED) is 0.742. The first-order valence-electron chi connectivity index (χ1n) is 9.28. The Hall–Kier alpha value is -1.63. The molecule has 0 radical (unpaired) electrons. The van der Waals surface area contributed by atoms with E-state index in [0.29, 0.717) is 19.5 Å². The first-order valence-corrected chi connectivity index (χ1v) is 9.28. The van der Waals surface area contributed by atoms with E-state index < -0.39 is 17.7 Å². The average molecular weight is 356 g/mol. The van der Waals surface area contributed by atoms with Crippen LogP contribution in [-0.4, -0.2) is 53.3 Å². The standard InChI is InChI=1S/C18H33N3O4/c1-7-11-19-16(23)21(12-9-10-13(21)3)15(22)14(8-2)20-17(24)25-18(4,5)6/h13-14H,7-12H2,1-6H3,(H-,19,20,23,24)/p+1/t13-,14+,21?/m1/s1. The number of imide groups is 1. The number of likely N-dealkylation sites (tertiary alicyclic amines) is 1. The summed E-state index contributed by atoms with van der Waals surface area (Å²) in [6.45, 7) is 12.0. The summed E-state index contributed by atoms with van der Waals surface area (Å²) >= 11 is 0. The number of hydrogen-bond donors (Lipinski definition) is 2. The van der Waals surface area contributed by atoms with E-state index in [1.165, 1.54) is 0 Å². The van der Waals surface area contributed by atoms with Crippen LogP contribution in [0.1, 0.15) is 67.2 Å². The maximum atomic E-state index is 13.3. The number of rotatable bonds is 5. The van der Waals surface area contributed by atoms with Gasteiger partial charge in [-0.05, 0) is 40.5 Å². The molecule has 7 nitrogen and oxygen atoms in total. The highest BCUT2D eigenvalue weighted by Crippen LogP contribution is 2.29. The van der Waals surface area contributed by atoms with Crippen molar-refractivity contribution >= 4 is 18.0 Å². The average Bonchev–Trinajstić information content (AvgIpc) is 2.90. The second-order valence-corrected chi connectivity index (χ2v) is 7.76.